The van der Waals surface area contributed by atoms with Crippen LogP contribution < -0.4 is 10.1 Å². The van der Waals surface area contributed by atoms with Crippen molar-refractivity contribution in [2.24, 2.45) is 0 Å². The molecule has 0 aromatic heterocycles. The Morgan fingerprint density at radius 2 is 1.70 bits per heavy atom. The lowest BCUT2D eigenvalue weighted by Crippen LogP contribution is -2.22. The Labute approximate surface area is 135 Å². The quantitative estimate of drug-likeness (QED) is 0.798. The SMILES string of the molecule is CCOC(=O)COc1ccc(C(=O)NCc2ccccc2)cc1. The molecule has 0 aliphatic rings. The fourth-order valence-electron chi connectivity index (χ4n) is 1.93. The molecule has 2 aromatic carbocycles. The second-order valence-corrected chi connectivity index (χ2v) is 4.79. The van der Waals surface area contributed by atoms with E-state index >= 15 is 0 Å². The Hall–Kier alpha value is -2.82. The minimum Gasteiger partial charge on any atom is -0.482 e. The van der Waals surface area contributed by atoms with Gasteiger partial charge in [0.25, 0.3) is 5.91 Å². The summed E-state index contributed by atoms with van der Waals surface area (Å²) in [5, 5.41) is 2.85. The number of hydrogen-bond acceptors (Lipinski definition) is 4. The molecule has 5 nitrogen and oxygen atoms in total. The number of benzene rings is 2. The average molecular weight is 313 g/mol. The molecule has 0 aliphatic carbocycles. The highest BCUT2D eigenvalue weighted by Gasteiger charge is 2.07. The largest absolute Gasteiger partial charge is 0.482 e. The minimum atomic E-state index is -0.419. The molecule has 0 saturated heterocycles. The number of nitrogens with one attached hydrogen (secondary N) is 1. The third kappa shape index (κ3) is 5.47. The summed E-state index contributed by atoms with van der Waals surface area (Å²) in [5.41, 5.74) is 1.57. The Morgan fingerprint density at radius 3 is 2.35 bits per heavy atom. The van der Waals surface area contributed by atoms with Gasteiger partial charge in [-0.1, -0.05) is 30.3 Å². The maximum absolute atomic E-state index is 12.1. The van der Waals surface area contributed by atoms with Crippen LogP contribution in [-0.4, -0.2) is 25.1 Å². The normalized spacial score (nSPS) is 9.96. The first-order chi connectivity index (χ1) is 11.2. The van der Waals surface area contributed by atoms with E-state index in [0.29, 0.717) is 24.5 Å². The first-order valence-corrected chi connectivity index (χ1v) is 7.39. The average Bonchev–Trinajstić information content (AvgIpc) is 2.59. The predicted octanol–water partition coefficient (Wildman–Crippen LogP) is 2.56. The van der Waals surface area contributed by atoms with Crippen LogP contribution in [0.5, 0.6) is 5.75 Å². The molecule has 2 rings (SSSR count). The molecule has 0 radical (unpaired) electrons. The van der Waals surface area contributed by atoms with E-state index in [0.717, 1.165) is 5.56 Å². The maximum atomic E-state index is 12.1. The Morgan fingerprint density at radius 1 is 1.00 bits per heavy atom. The standard InChI is InChI=1S/C18H19NO4/c1-2-22-17(20)13-23-16-10-8-15(9-11-16)18(21)19-12-14-6-4-3-5-7-14/h3-11H,2,12-13H2,1H3,(H,19,21). The summed E-state index contributed by atoms with van der Waals surface area (Å²) in [5.74, 6) is -0.0689. The van der Waals surface area contributed by atoms with Gasteiger partial charge in [0.2, 0.25) is 0 Å². The Kier molecular flexibility index (Phi) is 6.17. The van der Waals surface area contributed by atoms with Gasteiger partial charge in [-0.05, 0) is 36.8 Å². The molecule has 23 heavy (non-hydrogen) atoms. The summed E-state index contributed by atoms with van der Waals surface area (Å²) in [6, 6.07) is 16.3. The van der Waals surface area contributed by atoms with Crippen LogP contribution in [0.25, 0.3) is 0 Å². The van der Waals surface area contributed by atoms with Crippen molar-refractivity contribution in [1.29, 1.82) is 0 Å². The molecular formula is C18H19NO4. The smallest absolute Gasteiger partial charge is 0.344 e. The van der Waals surface area contributed by atoms with E-state index in [2.05, 4.69) is 5.32 Å². The molecule has 0 heterocycles. The van der Waals surface area contributed by atoms with Gasteiger partial charge in [0, 0.05) is 12.1 Å². The number of esters is 1. The van der Waals surface area contributed by atoms with E-state index in [4.69, 9.17) is 9.47 Å². The monoisotopic (exact) mass is 313 g/mol. The van der Waals surface area contributed by atoms with Crippen LogP contribution >= 0.6 is 0 Å². The molecule has 0 saturated carbocycles. The predicted molar refractivity (Wildman–Crippen MR) is 86.2 cm³/mol. The fraction of sp³-hybridized carbons (Fsp3) is 0.222. The molecule has 120 valence electrons. The van der Waals surface area contributed by atoms with Crippen molar-refractivity contribution in [2.45, 2.75) is 13.5 Å². The van der Waals surface area contributed by atoms with Gasteiger partial charge >= 0.3 is 5.97 Å². The molecular weight excluding hydrogens is 294 g/mol. The van der Waals surface area contributed by atoms with Crippen molar-refractivity contribution in [2.75, 3.05) is 13.2 Å². The van der Waals surface area contributed by atoms with Crippen LogP contribution in [0.1, 0.15) is 22.8 Å². The lowest BCUT2D eigenvalue weighted by molar-refractivity contribution is -0.145. The molecule has 0 bridgehead atoms. The zero-order valence-electron chi connectivity index (χ0n) is 13.0. The minimum absolute atomic E-state index is 0.145. The molecule has 0 aliphatic heterocycles. The van der Waals surface area contributed by atoms with E-state index in [9.17, 15) is 9.59 Å². The van der Waals surface area contributed by atoms with Gasteiger partial charge in [0.05, 0.1) is 6.61 Å². The second-order valence-electron chi connectivity index (χ2n) is 4.79. The lowest BCUT2D eigenvalue weighted by Gasteiger charge is -2.08. The van der Waals surface area contributed by atoms with Crippen molar-refractivity contribution in [1.82, 2.24) is 5.32 Å². The van der Waals surface area contributed by atoms with Gasteiger partial charge in [-0.25, -0.2) is 4.79 Å². The molecule has 1 amide bonds. The molecule has 0 fully saturated rings. The van der Waals surface area contributed by atoms with E-state index in [1.165, 1.54) is 0 Å². The Balaban J connectivity index is 1.83. The zero-order valence-corrected chi connectivity index (χ0v) is 13.0. The number of carbonyl (C=O) groups excluding carboxylic acids is 2. The molecule has 2 aromatic rings. The number of amides is 1. The molecule has 1 N–H and O–H groups in total. The number of carbonyl (C=O) groups is 2. The lowest BCUT2D eigenvalue weighted by atomic mass is 10.2. The first kappa shape index (κ1) is 16.5. The van der Waals surface area contributed by atoms with E-state index < -0.39 is 5.97 Å². The first-order valence-electron chi connectivity index (χ1n) is 7.39. The van der Waals surface area contributed by atoms with Crippen LogP contribution in [0.15, 0.2) is 54.6 Å². The highest BCUT2D eigenvalue weighted by atomic mass is 16.6. The van der Waals surface area contributed by atoms with Crippen molar-refractivity contribution in [3.05, 3.63) is 65.7 Å². The number of rotatable bonds is 7. The van der Waals surface area contributed by atoms with Crippen LogP contribution in [0, 0.1) is 0 Å². The highest BCUT2D eigenvalue weighted by molar-refractivity contribution is 5.94. The molecule has 0 spiro atoms. The van der Waals surface area contributed by atoms with Crippen LogP contribution in [-0.2, 0) is 16.1 Å². The summed E-state index contributed by atoms with van der Waals surface area (Å²) in [4.78, 5) is 23.3. The summed E-state index contributed by atoms with van der Waals surface area (Å²) >= 11 is 0. The van der Waals surface area contributed by atoms with Crippen molar-refractivity contribution in [3.8, 4) is 5.75 Å². The van der Waals surface area contributed by atoms with E-state index in [-0.39, 0.29) is 12.5 Å². The summed E-state index contributed by atoms with van der Waals surface area (Å²) < 4.78 is 10.0. The van der Waals surface area contributed by atoms with Gasteiger partial charge in [-0.15, -0.1) is 0 Å². The number of hydrogen-bond donors (Lipinski definition) is 1. The summed E-state index contributed by atoms with van der Waals surface area (Å²) in [6.45, 7) is 2.39. The van der Waals surface area contributed by atoms with Gasteiger partial charge in [0.15, 0.2) is 6.61 Å². The third-order valence-corrected chi connectivity index (χ3v) is 3.07. The van der Waals surface area contributed by atoms with Crippen LogP contribution in [0.4, 0.5) is 0 Å². The van der Waals surface area contributed by atoms with Gasteiger partial charge in [0.1, 0.15) is 5.75 Å². The van der Waals surface area contributed by atoms with Gasteiger partial charge in [-0.3, -0.25) is 4.79 Å². The van der Waals surface area contributed by atoms with E-state index in [1.54, 1.807) is 31.2 Å². The van der Waals surface area contributed by atoms with Crippen molar-refractivity contribution >= 4 is 11.9 Å². The second kappa shape index (κ2) is 8.58. The maximum Gasteiger partial charge on any atom is 0.344 e. The Bertz CT molecular complexity index is 638. The molecule has 5 heteroatoms. The summed E-state index contributed by atoms with van der Waals surface area (Å²) in [7, 11) is 0. The van der Waals surface area contributed by atoms with Crippen LogP contribution in [0.3, 0.4) is 0 Å². The van der Waals surface area contributed by atoms with Crippen molar-refractivity contribution < 1.29 is 19.1 Å². The topological polar surface area (TPSA) is 64.6 Å². The number of ether oxygens (including phenoxy) is 2. The molecule has 0 atom stereocenters. The van der Waals surface area contributed by atoms with E-state index in [1.807, 2.05) is 30.3 Å². The molecule has 0 unspecified atom stereocenters. The van der Waals surface area contributed by atoms with Crippen molar-refractivity contribution in [3.63, 3.8) is 0 Å². The highest BCUT2D eigenvalue weighted by Crippen LogP contribution is 2.12. The fourth-order valence-corrected chi connectivity index (χ4v) is 1.93. The third-order valence-electron chi connectivity index (χ3n) is 3.07. The zero-order chi connectivity index (χ0) is 16.5. The van der Waals surface area contributed by atoms with Gasteiger partial charge in [-0.2, -0.15) is 0 Å². The van der Waals surface area contributed by atoms with Gasteiger partial charge < -0.3 is 14.8 Å². The summed E-state index contributed by atoms with van der Waals surface area (Å²) in [6.07, 6.45) is 0. The van der Waals surface area contributed by atoms with Crippen LogP contribution in [0.2, 0.25) is 0 Å².